The van der Waals surface area contributed by atoms with Crippen molar-refractivity contribution < 1.29 is 28.4 Å². The standard InChI is InChI=1S/C41H48O6/c1-6-16-32(17-7-1)26-42-31-37-38(43-27-33-18-8-2-9-19-33)39(44-28-34-20-10-3-11-21-34)40(45-29-35-22-12-4-13-23-35)41(47-37)46-30-36-24-14-5-15-25-36/h1-4,6-13,16-23,36-41H,5,14-15,24-31H2/t37-,38-,39+,40+,41?/m1/s1. The summed E-state index contributed by atoms with van der Waals surface area (Å²) in [7, 11) is 0. The molecule has 248 valence electrons. The summed E-state index contributed by atoms with van der Waals surface area (Å²) in [5.41, 5.74) is 4.35. The molecule has 1 heterocycles. The van der Waals surface area contributed by atoms with Gasteiger partial charge >= 0.3 is 0 Å². The van der Waals surface area contributed by atoms with Gasteiger partial charge in [0.25, 0.3) is 0 Å². The Kier molecular flexibility index (Phi) is 13.0. The average Bonchev–Trinajstić information content (AvgIpc) is 3.14. The van der Waals surface area contributed by atoms with Gasteiger partial charge in [-0.2, -0.15) is 0 Å². The van der Waals surface area contributed by atoms with Gasteiger partial charge in [-0.15, -0.1) is 0 Å². The molecule has 6 nitrogen and oxygen atoms in total. The van der Waals surface area contributed by atoms with Gasteiger partial charge in [0.15, 0.2) is 6.29 Å². The van der Waals surface area contributed by atoms with E-state index in [0.717, 1.165) is 22.3 Å². The first-order valence-electron chi connectivity index (χ1n) is 17.2. The summed E-state index contributed by atoms with van der Waals surface area (Å²) >= 11 is 0. The zero-order valence-corrected chi connectivity index (χ0v) is 27.2. The summed E-state index contributed by atoms with van der Waals surface area (Å²) in [5, 5.41) is 0. The van der Waals surface area contributed by atoms with Gasteiger partial charge in [0, 0.05) is 0 Å². The Labute approximate surface area is 279 Å². The molecule has 6 heteroatoms. The second-order valence-corrected chi connectivity index (χ2v) is 12.7. The van der Waals surface area contributed by atoms with Crippen LogP contribution < -0.4 is 0 Å². The smallest absolute Gasteiger partial charge is 0.186 e. The molecular weight excluding hydrogens is 588 g/mol. The molecule has 1 unspecified atom stereocenters. The molecule has 0 spiro atoms. The summed E-state index contributed by atoms with van der Waals surface area (Å²) in [6, 6.07) is 40.9. The van der Waals surface area contributed by atoms with Gasteiger partial charge in [-0.3, -0.25) is 0 Å². The number of benzene rings is 4. The third-order valence-corrected chi connectivity index (χ3v) is 9.06. The molecule has 1 saturated carbocycles. The lowest BCUT2D eigenvalue weighted by atomic mass is 9.90. The summed E-state index contributed by atoms with van der Waals surface area (Å²) in [4.78, 5) is 0. The van der Waals surface area contributed by atoms with Gasteiger partial charge in [0.1, 0.15) is 24.4 Å². The highest BCUT2D eigenvalue weighted by atomic mass is 16.7. The van der Waals surface area contributed by atoms with Gasteiger partial charge in [-0.1, -0.05) is 141 Å². The van der Waals surface area contributed by atoms with E-state index >= 15 is 0 Å². The van der Waals surface area contributed by atoms with Crippen LogP contribution in [-0.2, 0) is 54.8 Å². The first kappa shape index (κ1) is 33.5. The molecule has 6 rings (SSSR count). The van der Waals surface area contributed by atoms with E-state index in [2.05, 4.69) is 48.5 Å². The van der Waals surface area contributed by atoms with Gasteiger partial charge in [-0.05, 0) is 41.0 Å². The van der Waals surface area contributed by atoms with Gasteiger partial charge in [0.05, 0.1) is 39.6 Å². The van der Waals surface area contributed by atoms with Gasteiger partial charge in [-0.25, -0.2) is 0 Å². The fourth-order valence-electron chi connectivity index (χ4n) is 6.47. The van der Waals surface area contributed by atoms with Crippen molar-refractivity contribution in [1.29, 1.82) is 0 Å². The molecule has 2 fully saturated rings. The number of ether oxygens (including phenoxy) is 6. The molecule has 0 N–H and O–H groups in total. The van der Waals surface area contributed by atoms with Crippen molar-refractivity contribution >= 4 is 0 Å². The molecule has 0 radical (unpaired) electrons. The number of rotatable bonds is 16. The third-order valence-electron chi connectivity index (χ3n) is 9.06. The first-order chi connectivity index (χ1) is 23.3. The first-order valence-corrected chi connectivity index (χ1v) is 17.2. The fraction of sp³-hybridized carbons (Fsp3) is 0.415. The van der Waals surface area contributed by atoms with E-state index < -0.39 is 30.7 Å². The minimum absolute atomic E-state index is 0.328. The van der Waals surface area contributed by atoms with E-state index in [1.165, 1.54) is 32.1 Å². The van der Waals surface area contributed by atoms with Gasteiger partial charge in [0.2, 0.25) is 0 Å². The van der Waals surface area contributed by atoms with Crippen LogP contribution >= 0.6 is 0 Å². The molecule has 1 aliphatic carbocycles. The van der Waals surface area contributed by atoms with E-state index in [-0.39, 0.29) is 0 Å². The number of hydrogen-bond acceptors (Lipinski definition) is 6. The van der Waals surface area contributed by atoms with Crippen LogP contribution in [0.15, 0.2) is 121 Å². The van der Waals surface area contributed by atoms with E-state index in [9.17, 15) is 0 Å². The highest BCUT2D eigenvalue weighted by molar-refractivity contribution is 5.16. The molecule has 4 aromatic rings. The highest BCUT2D eigenvalue weighted by Crippen LogP contribution is 2.33. The molecular formula is C41H48O6. The monoisotopic (exact) mass is 636 g/mol. The van der Waals surface area contributed by atoms with Crippen molar-refractivity contribution in [3.8, 4) is 0 Å². The van der Waals surface area contributed by atoms with E-state index in [4.69, 9.17) is 28.4 Å². The van der Waals surface area contributed by atoms with Crippen molar-refractivity contribution in [3.05, 3.63) is 144 Å². The van der Waals surface area contributed by atoms with Crippen LogP contribution in [0.2, 0.25) is 0 Å². The van der Waals surface area contributed by atoms with Crippen LogP contribution in [0.5, 0.6) is 0 Å². The highest BCUT2D eigenvalue weighted by Gasteiger charge is 2.49. The topological polar surface area (TPSA) is 55.4 Å². The summed E-state index contributed by atoms with van der Waals surface area (Å²) < 4.78 is 40.1. The number of hydrogen-bond donors (Lipinski definition) is 0. The van der Waals surface area contributed by atoms with Crippen LogP contribution in [0.3, 0.4) is 0 Å². The van der Waals surface area contributed by atoms with Crippen LogP contribution in [-0.4, -0.2) is 43.9 Å². The summed E-state index contributed by atoms with van der Waals surface area (Å²) in [6.45, 7) is 2.67. The van der Waals surface area contributed by atoms with Crippen molar-refractivity contribution in [1.82, 2.24) is 0 Å². The Bertz CT molecular complexity index is 1400. The maximum atomic E-state index is 6.82. The molecule has 0 bridgehead atoms. The molecule has 47 heavy (non-hydrogen) atoms. The lowest BCUT2D eigenvalue weighted by Gasteiger charge is -2.46. The Morgan fingerprint density at radius 3 is 1.40 bits per heavy atom. The van der Waals surface area contributed by atoms with Gasteiger partial charge < -0.3 is 28.4 Å². The summed E-state index contributed by atoms with van der Waals surface area (Å²) in [5.74, 6) is 0.519. The molecule has 1 aliphatic heterocycles. The van der Waals surface area contributed by atoms with Crippen molar-refractivity contribution in [2.24, 2.45) is 5.92 Å². The third kappa shape index (κ3) is 10.3. The minimum Gasteiger partial charge on any atom is -0.374 e. The molecule has 4 aromatic carbocycles. The molecule has 2 aliphatic rings. The predicted octanol–water partition coefficient (Wildman–Crippen LogP) is 8.28. The van der Waals surface area contributed by atoms with E-state index in [1.807, 2.05) is 72.8 Å². The Morgan fingerprint density at radius 1 is 0.447 bits per heavy atom. The Hall–Kier alpha value is -3.36. The maximum Gasteiger partial charge on any atom is 0.186 e. The van der Waals surface area contributed by atoms with E-state index in [1.54, 1.807) is 0 Å². The Morgan fingerprint density at radius 2 is 0.894 bits per heavy atom. The lowest BCUT2D eigenvalue weighted by molar-refractivity contribution is -0.330. The molecule has 1 saturated heterocycles. The molecule has 0 aromatic heterocycles. The van der Waals surface area contributed by atoms with Crippen LogP contribution in [0.25, 0.3) is 0 Å². The van der Waals surface area contributed by atoms with Crippen molar-refractivity contribution in [3.63, 3.8) is 0 Å². The molecule has 0 amide bonds. The van der Waals surface area contributed by atoms with E-state index in [0.29, 0.717) is 45.6 Å². The minimum atomic E-state index is -0.636. The SMILES string of the molecule is c1ccc(COC[C@H]2OC(OCC3CCCCC3)[C@@H](OCc3ccccc3)[C@@H](OCc3ccccc3)[C@@H]2OCc2ccccc2)cc1. The largest absolute Gasteiger partial charge is 0.374 e. The summed E-state index contributed by atoms with van der Waals surface area (Å²) in [6.07, 6.45) is 3.64. The maximum absolute atomic E-state index is 6.82. The van der Waals surface area contributed by atoms with Crippen LogP contribution in [0.4, 0.5) is 0 Å². The normalized spacial score (nSPS) is 23.4. The fourth-order valence-corrected chi connectivity index (χ4v) is 6.47. The molecule has 5 atom stereocenters. The second kappa shape index (κ2) is 18.3. The quantitative estimate of drug-likeness (QED) is 0.123. The second-order valence-electron chi connectivity index (χ2n) is 12.7. The zero-order valence-electron chi connectivity index (χ0n) is 27.2. The average molecular weight is 637 g/mol. The van der Waals surface area contributed by atoms with Crippen LogP contribution in [0.1, 0.15) is 54.4 Å². The van der Waals surface area contributed by atoms with Crippen molar-refractivity contribution in [2.75, 3.05) is 13.2 Å². The Balaban J connectivity index is 1.27. The lowest BCUT2D eigenvalue weighted by Crippen LogP contribution is -2.62. The van der Waals surface area contributed by atoms with Crippen LogP contribution in [0, 0.1) is 5.92 Å². The predicted molar refractivity (Wildman–Crippen MR) is 182 cm³/mol. The van der Waals surface area contributed by atoms with Crippen molar-refractivity contribution in [2.45, 2.75) is 89.2 Å². The zero-order chi connectivity index (χ0) is 31.9.